The van der Waals surface area contributed by atoms with Crippen molar-refractivity contribution < 1.29 is 9.90 Å². The van der Waals surface area contributed by atoms with Crippen molar-refractivity contribution in [1.82, 2.24) is 10.2 Å². The monoisotopic (exact) mass is 242 g/mol. The van der Waals surface area contributed by atoms with Gasteiger partial charge in [-0.3, -0.25) is 4.79 Å². The van der Waals surface area contributed by atoms with Gasteiger partial charge in [0.2, 0.25) is 5.91 Å². The number of nitrogens with one attached hydrogen (secondary N) is 1. The van der Waals surface area contributed by atoms with E-state index in [2.05, 4.69) is 5.32 Å². The summed E-state index contributed by atoms with van der Waals surface area (Å²) in [6.45, 7) is 2.59. The van der Waals surface area contributed by atoms with Crippen LogP contribution in [0.3, 0.4) is 0 Å². The first-order chi connectivity index (χ1) is 8.00. The third-order valence-electron chi connectivity index (χ3n) is 3.60. The van der Waals surface area contributed by atoms with Crippen LogP contribution >= 0.6 is 0 Å². The fraction of sp³-hybridized carbons (Fsp3) is 0.923. The van der Waals surface area contributed by atoms with Gasteiger partial charge in [0, 0.05) is 33.1 Å². The molecular formula is C13H26N2O2. The van der Waals surface area contributed by atoms with Crippen molar-refractivity contribution in [2.45, 2.75) is 51.2 Å². The second-order valence-corrected chi connectivity index (χ2v) is 5.41. The lowest BCUT2D eigenvalue weighted by Gasteiger charge is -2.21. The number of amides is 1. The lowest BCUT2D eigenvalue weighted by molar-refractivity contribution is -0.129. The number of rotatable bonds is 6. The van der Waals surface area contributed by atoms with E-state index in [1.165, 1.54) is 12.8 Å². The Morgan fingerprint density at radius 2 is 2.00 bits per heavy atom. The number of hydrogen-bond donors (Lipinski definition) is 2. The lowest BCUT2D eigenvalue weighted by atomic mass is 10.0. The summed E-state index contributed by atoms with van der Waals surface area (Å²) >= 11 is 0. The standard InChI is InChI=1S/C13H26N2O2/c1-10(8-13(17)15(2)3)14-9-12(16)11-6-4-5-7-11/h10-12,14,16H,4-9H2,1-3H3. The van der Waals surface area contributed by atoms with Gasteiger partial charge in [0.05, 0.1) is 6.10 Å². The molecule has 1 rings (SSSR count). The Bertz CT molecular complexity index is 238. The van der Waals surface area contributed by atoms with E-state index >= 15 is 0 Å². The van der Waals surface area contributed by atoms with Crippen LogP contribution in [0, 0.1) is 5.92 Å². The van der Waals surface area contributed by atoms with Crippen LogP contribution in [0.15, 0.2) is 0 Å². The molecule has 2 N–H and O–H groups in total. The molecule has 2 atom stereocenters. The minimum Gasteiger partial charge on any atom is -0.392 e. The number of carbonyl (C=O) groups is 1. The highest BCUT2D eigenvalue weighted by molar-refractivity contribution is 5.76. The Morgan fingerprint density at radius 1 is 1.41 bits per heavy atom. The largest absolute Gasteiger partial charge is 0.392 e. The third-order valence-corrected chi connectivity index (χ3v) is 3.60. The first-order valence-corrected chi connectivity index (χ1v) is 6.62. The summed E-state index contributed by atoms with van der Waals surface area (Å²) in [4.78, 5) is 13.1. The van der Waals surface area contributed by atoms with Crippen LogP contribution in [0.5, 0.6) is 0 Å². The van der Waals surface area contributed by atoms with Gasteiger partial charge in [-0.2, -0.15) is 0 Å². The number of aliphatic hydroxyl groups excluding tert-OH is 1. The molecule has 4 nitrogen and oxygen atoms in total. The molecule has 0 heterocycles. The minimum absolute atomic E-state index is 0.125. The normalized spacial score (nSPS) is 20.2. The van der Waals surface area contributed by atoms with Crippen molar-refractivity contribution >= 4 is 5.91 Å². The Hall–Kier alpha value is -0.610. The average molecular weight is 242 g/mol. The maximum Gasteiger partial charge on any atom is 0.223 e. The molecule has 0 aromatic rings. The van der Waals surface area contributed by atoms with Crippen molar-refractivity contribution in [3.05, 3.63) is 0 Å². The summed E-state index contributed by atoms with van der Waals surface area (Å²) in [5.74, 6) is 0.583. The number of hydrogen-bond acceptors (Lipinski definition) is 3. The first kappa shape index (κ1) is 14.5. The van der Waals surface area contributed by atoms with E-state index in [9.17, 15) is 9.90 Å². The van der Waals surface area contributed by atoms with Crippen LogP contribution < -0.4 is 5.32 Å². The predicted octanol–water partition coefficient (Wildman–Crippen LogP) is 0.994. The van der Waals surface area contributed by atoms with E-state index in [4.69, 9.17) is 0 Å². The predicted molar refractivity (Wildman–Crippen MR) is 68.7 cm³/mol. The maximum absolute atomic E-state index is 11.5. The molecule has 0 aliphatic heterocycles. The van der Waals surface area contributed by atoms with Gasteiger partial charge in [0.25, 0.3) is 0 Å². The van der Waals surface area contributed by atoms with Crippen molar-refractivity contribution in [3.63, 3.8) is 0 Å². The van der Waals surface area contributed by atoms with Crippen molar-refractivity contribution in [2.24, 2.45) is 5.92 Å². The van der Waals surface area contributed by atoms with Crippen molar-refractivity contribution in [1.29, 1.82) is 0 Å². The Kier molecular flexibility index (Phi) is 5.92. The second-order valence-electron chi connectivity index (χ2n) is 5.41. The van der Waals surface area contributed by atoms with Gasteiger partial charge >= 0.3 is 0 Å². The molecule has 1 aliphatic carbocycles. The average Bonchev–Trinajstić information content (AvgIpc) is 2.79. The highest BCUT2D eigenvalue weighted by Crippen LogP contribution is 2.27. The van der Waals surface area contributed by atoms with Crippen LogP contribution in [0.2, 0.25) is 0 Å². The first-order valence-electron chi connectivity index (χ1n) is 6.62. The Balaban J connectivity index is 2.18. The number of nitrogens with zero attached hydrogens (tertiary/aromatic N) is 1. The molecule has 0 aromatic carbocycles. The molecule has 1 amide bonds. The zero-order chi connectivity index (χ0) is 12.8. The molecule has 1 saturated carbocycles. The molecular weight excluding hydrogens is 216 g/mol. The van der Waals surface area contributed by atoms with Gasteiger partial charge in [-0.05, 0) is 25.7 Å². The minimum atomic E-state index is -0.255. The summed E-state index contributed by atoms with van der Waals surface area (Å²) in [6, 6.07) is 0.126. The Labute approximate surface area is 104 Å². The zero-order valence-corrected chi connectivity index (χ0v) is 11.3. The molecule has 2 unspecified atom stereocenters. The van der Waals surface area contributed by atoms with Gasteiger partial charge in [-0.1, -0.05) is 12.8 Å². The fourth-order valence-electron chi connectivity index (χ4n) is 2.35. The van der Waals surface area contributed by atoms with Crippen molar-refractivity contribution in [3.8, 4) is 0 Å². The number of carbonyl (C=O) groups excluding carboxylic acids is 1. The van der Waals surface area contributed by atoms with Gasteiger partial charge < -0.3 is 15.3 Å². The van der Waals surface area contributed by atoms with Crippen LogP contribution in [-0.4, -0.2) is 48.7 Å². The maximum atomic E-state index is 11.5. The molecule has 1 fully saturated rings. The van der Waals surface area contributed by atoms with Crippen LogP contribution in [0.25, 0.3) is 0 Å². The van der Waals surface area contributed by atoms with E-state index < -0.39 is 0 Å². The van der Waals surface area contributed by atoms with E-state index in [0.717, 1.165) is 12.8 Å². The summed E-state index contributed by atoms with van der Waals surface area (Å²) in [5.41, 5.74) is 0. The van der Waals surface area contributed by atoms with Crippen LogP contribution in [0.4, 0.5) is 0 Å². The van der Waals surface area contributed by atoms with Gasteiger partial charge in [-0.15, -0.1) is 0 Å². The molecule has 0 bridgehead atoms. The molecule has 0 radical (unpaired) electrons. The summed E-state index contributed by atoms with van der Waals surface area (Å²) in [5, 5.41) is 13.2. The van der Waals surface area contributed by atoms with E-state index in [1.807, 2.05) is 6.92 Å². The van der Waals surface area contributed by atoms with Gasteiger partial charge in [0.1, 0.15) is 0 Å². The van der Waals surface area contributed by atoms with Gasteiger partial charge in [-0.25, -0.2) is 0 Å². The van der Waals surface area contributed by atoms with Crippen LogP contribution in [-0.2, 0) is 4.79 Å². The summed E-state index contributed by atoms with van der Waals surface area (Å²) in [7, 11) is 3.53. The van der Waals surface area contributed by atoms with Crippen LogP contribution in [0.1, 0.15) is 39.0 Å². The topological polar surface area (TPSA) is 52.6 Å². The SMILES string of the molecule is CC(CC(=O)N(C)C)NCC(O)C1CCCC1. The molecule has 0 saturated heterocycles. The fourth-order valence-corrected chi connectivity index (χ4v) is 2.35. The smallest absolute Gasteiger partial charge is 0.223 e. The molecule has 0 spiro atoms. The quantitative estimate of drug-likeness (QED) is 0.730. The molecule has 0 aromatic heterocycles. The van der Waals surface area contributed by atoms with E-state index in [-0.39, 0.29) is 18.1 Å². The summed E-state index contributed by atoms with van der Waals surface area (Å²) in [6.07, 6.45) is 5.02. The van der Waals surface area contributed by atoms with Crippen molar-refractivity contribution in [2.75, 3.05) is 20.6 Å². The highest BCUT2D eigenvalue weighted by Gasteiger charge is 2.23. The van der Waals surface area contributed by atoms with E-state index in [0.29, 0.717) is 18.9 Å². The lowest BCUT2D eigenvalue weighted by Crippen LogP contribution is -2.39. The highest BCUT2D eigenvalue weighted by atomic mass is 16.3. The van der Waals surface area contributed by atoms with E-state index in [1.54, 1.807) is 19.0 Å². The molecule has 100 valence electrons. The molecule has 4 heteroatoms. The number of aliphatic hydroxyl groups is 1. The van der Waals surface area contributed by atoms with Gasteiger partial charge in [0.15, 0.2) is 0 Å². The summed E-state index contributed by atoms with van der Waals surface area (Å²) < 4.78 is 0. The Morgan fingerprint density at radius 3 is 2.53 bits per heavy atom. The second kappa shape index (κ2) is 6.97. The molecule has 1 aliphatic rings. The zero-order valence-electron chi connectivity index (χ0n) is 11.3. The molecule has 17 heavy (non-hydrogen) atoms. The third kappa shape index (κ3) is 5.04.